The lowest BCUT2D eigenvalue weighted by molar-refractivity contribution is -0.141. The van der Waals surface area contributed by atoms with Crippen LogP contribution in [-0.2, 0) is 6.18 Å². The first-order valence-corrected chi connectivity index (χ1v) is 8.04. The van der Waals surface area contributed by atoms with Crippen molar-refractivity contribution in [2.75, 3.05) is 11.9 Å². The number of aromatic nitrogens is 1. The van der Waals surface area contributed by atoms with E-state index in [0.29, 0.717) is 23.5 Å². The molecule has 2 N–H and O–H groups in total. The Morgan fingerprint density at radius 1 is 1.19 bits per heavy atom. The third kappa shape index (κ3) is 3.79. The first-order chi connectivity index (χ1) is 12.7. The molecule has 142 valence electrons. The SMILES string of the molecule is C=C1NCC(c2ccc(C(F)(F)F)nc2)C1C(=C)Nc1cccc(F)c1F. The van der Waals surface area contributed by atoms with Crippen LogP contribution in [-0.4, -0.2) is 11.5 Å². The Labute approximate surface area is 152 Å². The van der Waals surface area contributed by atoms with Crippen LogP contribution in [0.4, 0.5) is 27.6 Å². The number of nitrogens with zero attached hydrogens (tertiary/aromatic N) is 1. The van der Waals surface area contributed by atoms with Crippen LogP contribution in [0.3, 0.4) is 0 Å². The molecule has 8 heteroatoms. The zero-order valence-corrected chi connectivity index (χ0v) is 14.1. The van der Waals surface area contributed by atoms with Gasteiger partial charge in [0.15, 0.2) is 11.6 Å². The summed E-state index contributed by atoms with van der Waals surface area (Å²) in [5.74, 6) is -2.78. The van der Waals surface area contributed by atoms with Crippen molar-refractivity contribution in [2.45, 2.75) is 12.1 Å². The van der Waals surface area contributed by atoms with Crippen LogP contribution in [0.25, 0.3) is 0 Å². The molecule has 0 radical (unpaired) electrons. The van der Waals surface area contributed by atoms with E-state index in [-0.39, 0.29) is 11.6 Å². The Morgan fingerprint density at radius 3 is 2.56 bits per heavy atom. The van der Waals surface area contributed by atoms with Crippen molar-refractivity contribution < 1.29 is 22.0 Å². The molecule has 1 fully saturated rings. The maximum absolute atomic E-state index is 13.9. The summed E-state index contributed by atoms with van der Waals surface area (Å²) in [4.78, 5) is 3.48. The van der Waals surface area contributed by atoms with Crippen molar-refractivity contribution in [2.24, 2.45) is 5.92 Å². The lowest BCUT2D eigenvalue weighted by Crippen LogP contribution is -2.18. The summed E-state index contributed by atoms with van der Waals surface area (Å²) in [5.41, 5.74) is 0.422. The topological polar surface area (TPSA) is 37.0 Å². The standard InChI is InChI=1S/C19H16F5N3/c1-10-17(11(2)27-15-5-3-4-14(20)18(15)21)13(9-25-10)12-6-7-16(26-8-12)19(22,23)24/h3-8,13,17,25,27H,1-2,9H2. The molecule has 0 aliphatic carbocycles. The van der Waals surface area contributed by atoms with E-state index in [1.165, 1.54) is 18.2 Å². The molecule has 2 aromatic rings. The highest BCUT2D eigenvalue weighted by atomic mass is 19.4. The summed E-state index contributed by atoms with van der Waals surface area (Å²) in [6.45, 7) is 8.18. The van der Waals surface area contributed by atoms with E-state index in [2.05, 4.69) is 28.8 Å². The van der Waals surface area contributed by atoms with Crippen molar-refractivity contribution in [1.29, 1.82) is 0 Å². The first-order valence-electron chi connectivity index (χ1n) is 8.04. The van der Waals surface area contributed by atoms with Gasteiger partial charge in [0.25, 0.3) is 0 Å². The van der Waals surface area contributed by atoms with E-state index >= 15 is 0 Å². The molecule has 1 saturated heterocycles. The van der Waals surface area contributed by atoms with E-state index in [4.69, 9.17) is 0 Å². The van der Waals surface area contributed by atoms with Crippen LogP contribution in [0.5, 0.6) is 0 Å². The molecule has 0 saturated carbocycles. The molecule has 1 aromatic heterocycles. The largest absolute Gasteiger partial charge is 0.433 e. The molecule has 3 rings (SSSR count). The van der Waals surface area contributed by atoms with Crippen LogP contribution in [0.15, 0.2) is 61.1 Å². The molecule has 0 amide bonds. The molecule has 1 aromatic carbocycles. The van der Waals surface area contributed by atoms with E-state index in [1.807, 2.05) is 0 Å². The van der Waals surface area contributed by atoms with Crippen molar-refractivity contribution in [3.05, 3.63) is 84.0 Å². The monoisotopic (exact) mass is 381 g/mol. The highest BCUT2D eigenvalue weighted by molar-refractivity contribution is 5.51. The Kier molecular flexibility index (Phi) is 4.91. The summed E-state index contributed by atoms with van der Waals surface area (Å²) in [7, 11) is 0. The number of hydrogen-bond donors (Lipinski definition) is 2. The minimum Gasteiger partial charge on any atom is -0.388 e. The van der Waals surface area contributed by atoms with Gasteiger partial charge in [0.1, 0.15) is 5.69 Å². The third-order valence-electron chi connectivity index (χ3n) is 4.45. The average molecular weight is 381 g/mol. The zero-order chi connectivity index (χ0) is 19.8. The van der Waals surface area contributed by atoms with E-state index in [9.17, 15) is 22.0 Å². The predicted octanol–water partition coefficient (Wildman–Crippen LogP) is 4.82. The zero-order valence-electron chi connectivity index (χ0n) is 14.1. The van der Waals surface area contributed by atoms with Crippen LogP contribution in [0, 0.1) is 17.6 Å². The number of rotatable bonds is 4. The van der Waals surface area contributed by atoms with Crippen LogP contribution < -0.4 is 10.6 Å². The van der Waals surface area contributed by atoms with E-state index in [1.54, 1.807) is 0 Å². The van der Waals surface area contributed by atoms with Gasteiger partial charge in [0.2, 0.25) is 0 Å². The van der Waals surface area contributed by atoms with Gasteiger partial charge in [-0.2, -0.15) is 13.2 Å². The van der Waals surface area contributed by atoms with Gasteiger partial charge in [-0.3, -0.25) is 4.98 Å². The summed E-state index contributed by atoms with van der Waals surface area (Å²) in [6.07, 6.45) is -3.35. The molecule has 27 heavy (non-hydrogen) atoms. The lowest BCUT2D eigenvalue weighted by Gasteiger charge is -2.23. The number of anilines is 1. The van der Waals surface area contributed by atoms with Gasteiger partial charge < -0.3 is 10.6 Å². The smallest absolute Gasteiger partial charge is 0.388 e. The van der Waals surface area contributed by atoms with Crippen molar-refractivity contribution in [3.8, 4) is 0 Å². The molecule has 1 aliphatic rings. The molecule has 0 bridgehead atoms. The quantitative estimate of drug-likeness (QED) is 0.746. The van der Waals surface area contributed by atoms with Gasteiger partial charge in [0.05, 0.1) is 5.69 Å². The molecule has 2 heterocycles. The molecule has 0 spiro atoms. The fraction of sp³-hybridized carbons (Fsp3) is 0.211. The lowest BCUT2D eigenvalue weighted by atomic mass is 9.86. The van der Waals surface area contributed by atoms with Crippen LogP contribution in [0.2, 0.25) is 0 Å². The van der Waals surface area contributed by atoms with Gasteiger partial charge in [-0.1, -0.05) is 25.3 Å². The van der Waals surface area contributed by atoms with Crippen LogP contribution >= 0.6 is 0 Å². The Hall–Kier alpha value is -2.90. The number of benzene rings is 1. The van der Waals surface area contributed by atoms with Crippen molar-refractivity contribution in [1.82, 2.24) is 10.3 Å². The van der Waals surface area contributed by atoms with Crippen LogP contribution in [0.1, 0.15) is 17.2 Å². The Balaban J connectivity index is 1.84. The minimum atomic E-state index is -4.52. The predicted molar refractivity (Wildman–Crippen MR) is 91.7 cm³/mol. The molecule has 2 unspecified atom stereocenters. The normalized spacial score (nSPS) is 19.7. The Morgan fingerprint density at radius 2 is 1.93 bits per heavy atom. The third-order valence-corrected chi connectivity index (χ3v) is 4.45. The number of hydrogen-bond acceptors (Lipinski definition) is 3. The highest BCUT2D eigenvalue weighted by Crippen LogP contribution is 2.39. The summed E-state index contributed by atoms with van der Waals surface area (Å²) < 4.78 is 65.4. The number of halogens is 5. The molecule has 1 aliphatic heterocycles. The molecular weight excluding hydrogens is 365 g/mol. The van der Waals surface area contributed by atoms with Crippen molar-refractivity contribution >= 4 is 5.69 Å². The maximum Gasteiger partial charge on any atom is 0.433 e. The van der Waals surface area contributed by atoms with Gasteiger partial charge in [0, 0.05) is 36.0 Å². The number of nitrogens with one attached hydrogen (secondary N) is 2. The van der Waals surface area contributed by atoms with E-state index < -0.39 is 29.4 Å². The van der Waals surface area contributed by atoms with Crippen molar-refractivity contribution in [3.63, 3.8) is 0 Å². The molecule has 3 nitrogen and oxygen atoms in total. The van der Waals surface area contributed by atoms with E-state index in [0.717, 1.165) is 18.3 Å². The second kappa shape index (κ2) is 7.02. The fourth-order valence-electron chi connectivity index (χ4n) is 3.12. The average Bonchev–Trinajstić information content (AvgIpc) is 3.00. The van der Waals surface area contributed by atoms with Gasteiger partial charge >= 0.3 is 6.18 Å². The first kappa shape index (κ1) is 18.9. The summed E-state index contributed by atoms with van der Waals surface area (Å²) >= 11 is 0. The summed E-state index contributed by atoms with van der Waals surface area (Å²) in [5, 5.41) is 5.79. The second-order valence-corrected chi connectivity index (χ2v) is 6.22. The molecular formula is C19H16F5N3. The van der Waals surface area contributed by atoms with Gasteiger partial charge in [-0.15, -0.1) is 0 Å². The number of pyridine rings is 1. The Bertz CT molecular complexity index is 874. The number of alkyl halides is 3. The summed E-state index contributed by atoms with van der Waals surface area (Å²) in [6, 6.07) is 5.98. The minimum absolute atomic E-state index is 0.0796. The van der Waals surface area contributed by atoms with Gasteiger partial charge in [-0.05, 0) is 23.8 Å². The maximum atomic E-state index is 13.9. The fourth-order valence-corrected chi connectivity index (χ4v) is 3.12. The highest BCUT2D eigenvalue weighted by Gasteiger charge is 2.36. The molecule has 2 atom stereocenters. The van der Waals surface area contributed by atoms with Gasteiger partial charge in [-0.25, -0.2) is 8.78 Å². The second-order valence-electron chi connectivity index (χ2n) is 6.22.